The van der Waals surface area contributed by atoms with Gasteiger partial charge in [-0.2, -0.15) is 0 Å². The maximum Gasteiger partial charge on any atom is 0.285 e. The van der Waals surface area contributed by atoms with E-state index < -0.39 is 6.04 Å². The fourth-order valence-corrected chi connectivity index (χ4v) is 3.86. The summed E-state index contributed by atoms with van der Waals surface area (Å²) in [5.74, 6) is -0.138. The van der Waals surface area contributed by atoms with E-state index in [1.807, 2.05) is 0 Å². The molecule has 130 valence electrons. The minimum Gasteiger partial charge on any atom is -0.458 e. The Balaban J connectivity index is 1.66. The Bertz CT molecular complexity index is 1100. The number of hydrogen-bond acceptors (Lipinski definition) is 6. The number of benzene rings is 1. The number of aromatic amines is 1. The summed E-state index contributed by atoms with van der Waals surface area (Å²) in [6, 6.07) is 5.77. The molecule has 1 N–H and O–H groups in total. The molecule has 0 fully saturated rings. The molecule has 5 rings (SSSR count). The zero-order chi connectivity index (χ0) is 17.7. The molecule has 0 saturated carbocycles. The molecule has 0 unspecified atom stereocenters. The number of furan rings is 1. The number of nitrogens with one attached hydrogen (secondary N) is 1. The molecule has 1 atom stereocenters. The Morgan fingerprint density at radius 3 is 3.15 bits per heavy atom. The van der Waals surface area contributed by atoms with Gasteiger partial charge in [0.2, 0.25) is 5.01 Å². The Kier molecular flexibility index (Phi) is 3.35. The Hall–Kier alpha value is -3.07. The Labute approximate surface area is 150 Å². The van der Waals surface area contributed by atoms with Gasteiger partial charge in [0.25, 0.3) is 5.91 Å². The highest BCUT2D eigenvalue weighted by molar-refractivity contribution is 7.11. The van der Waals surface area contributed by atoms with E-state index in [9.17, 15) is 9.18 Å². The van der Waals surface area contributed by atoms with Gasteiger partial charge < -0.3 is 14.3 Å². The lowest BCUT2D eigenvalue weighted by Gasteiger charge is -2.33. The quantitative estimate of drug-likeness (QED) is 0.587. The second kappa shape index (κ2) is 5.73. The van der Waals surface area contributed by atoms with E-state index in [0.717, 1.165) is 5.69 Å². The molecule has 0 aliphatic carbocycles. The third-order valence-electron chi connectivity index (χ3n) is 4.53. The van der Waals surface area contributed by atoms with E-state index in [1.54, 1.807) is 29.4 Å². The van der Waals surface area contributed by atoms with E-state index in [-0.39, 0.29) is 11.7 Å². The van der Waals surface area contributed by atoms with Crippen molar-refractivity contribution in [3.63, 3.8) is 0 Å². The van der Waals surface area contributed by atoms with Gasteiger partial charge in [-0.15, -0.1) is 10.2 Å². The van der Waals surface area contributed by atoms with Gasteiger partial charge in [-0.1, -0.05) is 17.4 Å². The molecule has 0 bridgehead atoms. The molecule has 4 aromatic rings. The number of H-pyrrole nitrogens is 1. The van der Waals surface area contributed by atoms with Crippen LogP contribution in [-0.4, -0.2) is 37.5 Å². The molecule has 1 aliphatic heterocycles. The third-order valence-corrected chi connectivity index (χ3v) is 5.20. The molecular formula is C17H12FN5O2S. The second-order valence-corrected chi connectivity index (χ2v) is 6.79. The number of fused-ring (bicyclic) bond motifs is 2. The highest BCUT2D eigenvalue weighted by Gasteiger charge is 2.37. The summed E-state index contributed by atoms with van der Waals surface area (Å²) in [4.78, 5) is 22.1. The van der Waals surface area contributed by atoms with Crippen LogP contribution in [0.1, 0.15) is 33.0 Å². The lowest BCUT2D eigenvalue weighted by Crippen LogP contribution is -2.40. The number of carbonyl (C=O) groups is 1. The van der Waals surface area contributed by atoms with Crippen LogP contribution in [0, 0.1) is 5.82 Å². The summed E-state index contributed by atoms with van der Waals surface area (Å²) in [5, 5.41) is 8.31. The molecule has 0 saturated heterocycles. The van der Waals surface area contributed by atoms with Crippen LogP contribution < -0.4 is 0 Å². The van der Waals surface area contributed by atoms with Gasteiger partial charge in [-0.05, 0) is 18.2 Å². The highest BCUT2D eigenvalue weighted by atomic mass is 32.1. The first-order valence-electron chi connectivity index (χ1n) is 7.99. The normalized spacial score (nSPS) is 16.8. The first kappa shape index (κ1) is 15.2. The Morgan fingerprint density at radius 2 is 2.35 bits per heavy atom. The van der Waals surface area contributed by atoms with Crippen molar-refractivity contribution in [3.8, 4) is 0 Å². The van der Waals surface area contributed by atoms with Crippen molar-refractivity contribution in [2.45, 2.75) is 12.5 Å². The van der Waals surface area contributed by atoms with Crippen molar-refractivity contribution < 1.29 is 13.6 Å². The van der Waals surface area contributed by atoms with Crippen LogP contribution in [0.2, 0.25) is 0 Å². The minimum absolute atomic E-state index is 0.243. The zero-order valence-corrected chi connectivity index (χ0v) is 14.2. The molecule has 3 aromatic heterocycles. The molecule has 1 aromatic carbocycles. The fraction of sp³-hybridized carbons (Fsp3) is 0.176. The van der Waals surface area contributed by atoms with Crippen molar-refractivity contribution >= 4 is 28.2 Å². The maximum atomic E-state index is 14.1. The van der Waals surface area contributed by atoms with Crippen LogP contribution in [-0.2, 0) is 6.42 Å². The molecule has 7 nitrogen and oxygen atoms in total. The maximum absolute atomic E-state index is 14.1. The number of halogens is 1. The molecular weight excluding hydrogens is 357 g/mol. The summed E-state index contributed by atoms with van der Waals surface area (Å²) >= 11 is 1.18. The monoisotopic (exact) mass is 369 g/mol. The first-order valence-corrected chi connectivity index (χ1v) is 8.87. The van der Waals surface area contributed by atoms with Gasteiger partial charge in [-0.3, -0.25) is 4.79 Å². The zero-order valence-electron chi connectivity index (χ0n) is 13.3. The largest absolute Gasteiger partial charge is 0.458 e. The molecule has 1 aliphatic rings. The molecule has 9 heteroatoms. The highest BCUT2D eigenvalue weighted by Crippen LogP contribution is 2.37. The molecule has 4 heterocycles. The average molecular weight is 369 g/mol. The Morgan fingerprint density at radius 1 is 1.42 bits per heavy atom. The number of nitrogens with zero attached hydrogens (tertiary/aromatic N) is 4. The van der Waals surface area contributed by atoms with Gasteiger partial charge in [0.05, 0.1) is 17.4 Å². The van der Waals surface area contributed by atoms with Gasteiger partial charge in [0.1, 0.15) is 28.7 Å². The standard InChI is InChI=1S/C17H12FN5O2S/c18-10-2-1-3-12-9(10)6-13(25-12)15-14-11(19-7-20-14)4-5-23(15)17(24)16-22-21-8-26-16/h1-3,6-8,15H,4-5H2,(H,19,20)/t15-/m0/s1. The fourth-order valence-electron chi connectivity index (χ4n) is 3.35. The van der Waals surface area contributed by atoms with E-state index in [1.165, 1.54) is 22.9 Å². The van der Waals surface area contributed by atoms with Crippen molar-refractivity contribution in [2.75, 3.05) is 6.54 Å². The number of amides is 1. The van der Waals surface area contributed by atoms with Crippen LogP contribution in [0.5, 0.6) is 0 Å². The SMILES string of the molecule is O=C(c1nncs1)N1CCc2[nH]cnc2[C@@H]1c1cc2c(F)cccc2o1. The van der Waals surface area contributed by atoms with Crippen molar-refractivity contribution in [1.82, 2.24) is 25.1 Å². The average Bonchev–Trinajstić information content (AvgIpc) is 3.39. The third kappa shape index (κ3) is 2.24. The summed E-state index contributed by atoms with van der Waals surface area (Å²) < 4.78 is 20.0. The number of imidazole rings is 1. The predicted molar refractivity (Wildman–Crippen MR) is 91.3 cm³/mol. The minimum atomic E-state index is -0.548. The van der Waals surface area contributed by atoms with Crippen molar-refractivity contribution in [2.24, 2.45) is 0 Å². The van der Waals surface area contributed by atoms with E-state index in [2.05, 4.69) is 20.2 Å². The second-order valence-electron chi connectivity index (χ2n) is 5.96. The predicted octanol–water partition coefficient (Wildman–Crippen LogP) is 2.93. The molecule has 26 heavy (non-hydrogen) atoms. The summed E-state index contributed by atoms with van der Waals surface area (Å²) in [5.41, 5.74) is 3.60. The van der Waals surface area contributed by atoms with Crippen LogP contribution >= 0.6 is 11.3 Å². The molecule has 1 amide bonds. The number of rotatable bonds is 2. The summed E-state index contributed by atoms with van der Waals surface area (Å²) in [6.07, 6.45) is 2.24. The summed E-state index contributed by atoms with van der Waals surface area (Å²) in [6.45, 7) is 0.470. The van der Waals surface area contributed by atoms with Gasteiger partial charge in [0.15, 0.2) is 0 Å². The van der Waals surface area contributed by atoms with Crippen LogP contribution in [0.3, 0.4) is 0 Å². The first-order chi connectivity index (χ1) is 12.7. The lowest BCUT2D eigenvalue weighted by atomic mass is 10.00. The van der Waals surface area contributed by atoms with Crippen LogP contribution in [0.4, 0.5) is 4.39 Å². The summed E-state index contributed by atoms with van der Waals surface area (Å²) in [7, 11) is 0. The number of carbonyl (C=O) groups excluding carboxylic acids is 1. The molecule has 0 spiro atoms. The van der Waals surface area contributed by atoms with Crippen LogP contribution in [0.25, 0.3) is 11.0 Å². The van der Waals surface area contributed by atoms with Gasteiger partial charge >= 0.3 is 0 Å². The van der Waals surface area contributed by atoms with E-state index in [0.29, 0.717) is 40.4 Å². The lowest BCUT2D eigenvalue weighted by molar-refractivity contribution is 0.0671. The van der Waals surface area contributed by atoms with E-state index >= 15 is 0 Å². The van der Waals surface area contributed by atoms with Crippen molar-refractivity contribution in [1.29, 1.82) is 0 Å². The van der Waals surface area contributed by atoms with Gasteiger partial charge in [0, 0.05) is 18.7 Å². The number of aromatic nitrogens is 4. The van der Waals surface area contributed by atoms with Crippen LogP contribution in [0.15, 0.2) is 40.5 Å². The van der Waals surface area contributed by atoms with E-state index in [4.69, 9.17) is 4.42 Å². The smallest absolute Gasteiger partial charge is 0.285 e. The number of hydrogen-bond donors (Lipinski definition) is 1. The molecule has 0 radical (unpaired) electrons. The van der Waals surface area contributed by atoms with Crippen molar-refractivity contribution in [3.05, 3.63) is 64.1 Å². The van der Waals surface area contributed by atoms with Gasteiger partial charge in [-0.25, -0.2) is 9.37 Å². The topological polar surface area (TPSA) is 87.9 Å².